The van der Waals surface area contributed by atoms with E-state index in [0.717, 1.165) is 6.07 Å². The Morgan fingerprint density at radius 3 is 2.64 bits per heavy atom. The van der Waals surface area contributed by atoms with Crippen molar-refractivity contribution in [1.29, 1.82) is 0 Å². The van der Waals surface area contributed by atoms with Gasteiger partial charge in [-0.25, -0.2) is 14.5 Å². The second-order valence-electron chi connectivity index (χ2n) is 6.05. The Bertz CT molecular complexity index is 1180. The van der Waals surface area contributed by atoms with Crippen molar-refractivity contribution in [2.24, 2.45) is 7.05 Å². The van der Waals surface area contributed by atoms with Gasteiger partial charge < -0.3 is 9.88 Å². The molecule has 0 fully saturated rings. The first kappa shape index (κ1) is 17.7. The van der Waals surface area contributed by atoms with Gasteiger partial charge in [-0.2, -0.15) is 18.3 Å². The van der Waals surface area contributed by atoms with Gasteiger partial charge in [-0.3, -0.25) is 4.79 Å². The number of aryl methyl sites for hydroxylation is 1. The molecule has 0 unspecified atom stereocenters. The fourth-order valence-corrected chi connectivity index (χ4v) is 2.81. The molecule has 0 aliphatic carbocycles. The van der Waals surface area contributed by atoms with Crippen LogP contribution in [0.3, 0.4) is 0 Å². The van der Waals surface area contributed by atoms with Gasteiger partial charge in [0.1, 0.15) is 5.69 Å². The van der Waals surface area contributed by atoms with Crippen LogP contribution in [0.1, 0.15) is 16.1 Å². The van der Waals surface area contributed by atoms with E-state index in [-0.39, 0.29) is 22.6 Å². The largest absolute Gasteiger partial charge is 0.417 e. The van der Waals surface area contributed by atoms with Crippen LogP contribution in [0, 0.1) is 0 Å². The number of fused-ring (bicyclic) bond motifs is 1. The smallest absolute Gasteiger partial charge is 0.338 e. The molecule has 0 saturated heterocycles. The molecular formula is C18H13F3N6O. The Hall–Kier alpha value is -3.69. The van der Waals surface area contributed by atoms with Crippen LogP contribution in [-0.2, 0) is 13.2 Å². The Kier molecular flexibility index (Phi) is 4.10. The lowest BCUT2D eigenvalue weighted by molar-refractivity contribution is -0.137. The lowest BCUT2D eigenvalue weighted by Crippen LogP contribution is -2.17. The van der Waals surface area contributed by atoms with Gasteiger partial charge in [0.2, 0.25) is 0 Å². The molecule has 28 heavy (non-hydrogen) atoms. The number of hydrogen-bond acceptors (Lipinski definition) is 4. The zero-order valence-electron chi connectivity index (χ0n) is 14.5. The molecule has 1 amide bonds. The number of nitrogens with one attached hydrogen (secondary N) is 1. The maximum Gasteiger partial charge on any atom is 0.417 e. The van der Waals surface area contributed by atoms with Crippen molar-refractivity contribution in [3.63, 3.8) is 0 Å². The number of imidazole rings is 1. The van der Waals surface area contributed by atoms with E-state index in [2.05, 4.69) is 20.4 Å². The van der Waals surface area contributed by atoms with Crippen molar-refractivity contribution in [1.82, 2.24) is 24.1 Å². The molecule has 0 aliphatic heterocycles. The van der Waals surface area contributed by atoms with E-state index in [1.54, 1.807) is 17.8 Å². The highest BCUT2D eigenvalue weighted by Crippen LogP contribution is 2.36. The first-order chi connectivity index (χ1) is 13.3. The molecule has 1 aromatic carbocycles. The summed E-state index contributed by atoms with van der Waals surface area (Å²) in [6.07, 6.45) is 0.00498. The highest BCUT2D eigenvalue weighted by molar-refractivity contribution is 6.02. The summed E-state index contributed by atoms with van der Waals surface area (Å²) in [6, 6.07) is 7.96. The maximum absolute atomic E-state index is 13.3. The topological polar surface area (TPSA) is 77.1 Å². The average molecular weight is 386 g/mol. The van der Waals surface area contributed by atoms with E-state index >= 15 is 0 Å². The van der Waals surface area contributed by atoms with Crippen LogP contribution in [0.2, 0.25) is 0 Å². The van der Waals surface area contributed by atoms with E-state index < -0.39 is 17.6 Å². The fraction of sp³-hybridized carbons (Fsp3) is 0.111. The lowest BCUT2D eigenvalue weighted by Gasteiger charge is -2.10. The molecule has 142 valence electrons. The van der Waals surface area contributed by atoms with Crippen LogP contribution in [0.15, 0.2) is 55.1 Å². The number of alkyl halides is 3. The summed E-state index contributed by atoms with van der Waals surface area (Å²) in [7, 11) is 1.76. The summed E-state index contributed by atoms with van der Waals surface area (Å²) in [6.45, 7) is 0. The first-order valence-electron chi connectivity index (χ1n) is 8.13. The first-order valence-corrected chi connectivity index (χ1v) is 8.13. The summed E-state index contributed by atoms with van der Waals surface area (Å²) >= 11 is 0. The van der Waals surface area contributed by atoms with Crippen LogP contribution >= 0.6 is 0 Å². The van der Waals surface area contributed by atoms with Gasteiger partial charge in [-0.1, -0.05) is 18.2 Å². The molecule has 10 heteroatoms. The van der Waals surface area contributed by atoms with E-state index in [4.69, 9.17) is 0 Å². The summed E-state index contributed by atoms with van der Waals surface area (Å²) in [5.74, 6) is -0.169. The van der Waals surface area contributed by atoms with Crippen LogP contribution in [0.25, 0.3) is 16.9 Å². The van der Waals surface area contributed by atoms with E-state index in [9.17, 15) is 18.0 Å². The molecule has 7 nitrogen and oxygen atoms in total. The van der Waals surface area contributed by atoms with E-state index in [1.807, 2.05) is 0 Å². The molecule has 0 bridgehead atoms. The lowest BCUT2D eigenvalue weighted by atomic mass is 10.0. The third-order valence-corrected chi connectivity index (χ3v) is 4.05. The molecule has 4 rings (SSSR count). The van der Waals surface area contributed by atoms with Crippen LogP contribution in [-0.4, -0.2) is 30.1 Å². The Morgan fingerprint density at radius 2 is 1.93 bits per heavy atom. The Balaban J connectivity index is 1.77. The molecule has 0 aliphatic rings. The second-order valence-corrected chi connectivity index (χ2v) is 6.05. The maximum atomic E-state index is 13.3. The molecule has 3 heterocycles. The molecule has 0 atom stereocenters. The van der Waals surface area contributed by atoms with Gasteiger partial charge in [0.25, 0.3) is 5.91 Å². The van der Waals surface area contributed by atoms with Crippen LogP contribution < -0.4 is 5.32 Å². The highest BCUT2D eigenvalue weighted by Gasteiger charge is 2.34. The molecule has 0 saturated carbocycles. The van der Waals surface area contributed by atoms with Crippen LogP contribution in [0.4, 0.5) is 19.0 Å². The van der Waals surface area contributed by atoms with Crippen molar-refractivity contribution >= 4 is 17.4 Å². The van der Waals surface area contributed by atoms with Gasteiger partial charge in [-0.05, 0) is 12.1 Å². The SMILES string of the molecule is Cn1cnc(NC(=O)c2ccnc3cc(-c4ccccc4C(F)(F)F)nn23)c1. The molecule has 3 aromatic heterocycles. The third kappa shape index (κ3) is 3.20. The Morgan fingerprint density at radius 1 is 1.14 bits per heavy atom. The fourth-order valence-electron chi connectivity index (χ4n) is 2.81. The predicted molar refractivity (Wildman–Crippen MR) is 94.6 cm³/mol. The van der Waals surface area contributed by atoms with Crippen LogP contribution in [0.5, 0.6) is 0 Å². The van der Waals surface area contributed by atoms with E-state index in [1.165, 1.54) is 47.4 Å². The van der Waals surface area contributed by atoms with Gasteiger partial charge in [0.15, 0.2) is 11.5 Å². The minimum Gasteiger partial charge on any atom is -0.338 e. The molecule has 1 N–H and O–H groups in total. The number of carbonyl (C=O) groups is 1. The summed E-state index contributed by atoms with van der Waals surface area (Å²) < 4.78 is 42.8. The summed E-state index contributed by atoms with van der Waals surface area (Å²) in [5, 5.41) is 6.81. The number of hydrogen-bond donors (Lipinski definition) is 1. The molecule has 0 spiro atoms. The number of nitrogens with zero attached hydrogens (tertiary/aromatic N) is 5. The van der Waals surface area contributed by atoms with Gasteiger partial charge >= 0.3 is 6.18 Å². The molecular weight excluding hydrogens is 373 g/mol. The van der Waals surface area contributed by atoms with Crippen molar-refractivity contribution in [3.05, 3.63) is 66.4 Å². The highest BCUT2D eigenvalue weighted by atomic mass is 19.4. The number of aromatic nitrogens is 5. The second kappa shape index (κ2) is 6.48. The summed E-state index contributed by atoms with van der Waals surface area (Å²) in [5.41, 5.74) is -0.458. The number of anilines is 1. The standard InChI is InChI=1S/C18H13F3N6O/c1-26-9-15(23-10-26)24-17(28)14-6-7-22-16-8-13(25-27(14)16)11-4-2-3-5-12(11)18(19,20)21/h2-10H,1H3,(H,24,28). The predicted octanol–water partition coefficient (Wildman–Crippen LogP) is 3.40. The van der Waals surface area contributed by atoms with Gasteiger partial charge in [-0.15, -0.1) is 0 Å². The number of amides is 1. The number of benzene rings is 1. The minimum atomic E-state index is -4.53. The number of carbonyl (C=O) groups excluding carboxylic acids is 1. The quantitative estimate of drug-likeness (QED) is 0.586. The van der Waals surface area contributed by atoms with Crippen molar-refractivity contribution in [3.8, 4) is 11.3 Å². The monoisotopic (exact) mass is 386 g/mol. The minimum absolute atomic E-state index is 0.0681. The number of rotatable bonds is 3. The third-order valence-electron chi connectivity index (χ3n) is 4.05. The number of halogens is 3. The zero-order chi connectivity index (χ0) is 19.9. The van der Waals surface area contributed by atoms with Gasteiger partial charge in [0, 0.05) is 31.1 Å². The normalized spacial score (nSPS) is 11.7. The summed E-state index contributed by atoms with van der Waals surface area (Å²) in [4.78, 5) is 20.7. The van der Waals surface area contributed by atoms with Crippen molar-refractivity contribution in [2.45, 2.75) is 6.18 Å². The molecule has 0 radical (unpaired) electrons. The average Bonchev–Trinajstić information content (AvgIpc) is 3.26. The van der Waals surface area contributed by atoms with Gasteiger partial charge in [0.05, 0.1) is 17.6 Å². The molecule has 4 aromatic rings. The zero-order valence-corrected chi connectivity index (χ0v) is 14.5. The van der Waals surface area contributed by atoms with Crippen molar-refractivity contribution < 1.29 is 18.0 Å². The van der Waals surface area contributed by atoms with E-state index in [0.29, 0.717) is 5.82 Å². The Labute approximate surface area is 156 Å². The van der Waals surface area contributed by atoms with Crippen molar-refractivity contribution in [2.75, 3.05) is 5.32 Å².